The maximum Gasteiger partial charge on any atom is 0.268 e. The molecule has 0 aliphatic carbocycles. The average molecular weight is 328 g/mol. The minimum absolute atomic E-state index is 0.0202. The van der Waals surface area contributed by atoms with Gasteiger partial charge in [-0.15, -0.1) is 0 Å². The zero-order valence-electron chi connectivity index (χ0n) is 12.4. The molecule has 2 aliphatic heterocycles. The fourth-order valence-electron chi connectivity index (χ4n) is 2.51. The standard InChI is InChI=1S/C17H16N2OS2/c1-12(13-8-4-3-5-9-13)19-16(20)15(22-17(19)21)14-10-6-7-11-18(14)2/h3-12H,1-2H3/b15-14-. The molecule has 3 nitrogen and oxygen atoms in total. The van der Waals surface area contributed by atoms with Crippen LogP contribution in [0.4, 0.5) is 0 Å². The summed E-state index contributed by atoms with van der Waals surface area (Å²) in [5.41, 5.74) is 1.97. The summed E-state index contributed by atoms with van der Waals surface area (Å²) in [6, 6.07) is 9.89. The van der Waals surface area contributed by atoms with Crippen molar-refractivity contribution in [2.75, 3.05) is 7.05 Å². The molecule has 0 bridgehead atoms. The minimum Gasteiger partial charge on any atom is -0.350 e. The Morgan fingerprint density at radius 1 is 1.18 bits per heavy atom. The van der Waals surface area contributed by atoms with Crippen LogP contribution in [-0.4, -0.2) is 27.1 Å². The van der Waals surface area contributed by atoms with E-state index in [9.17, 15) is 4.79 Å². The minimum atomic E-state index is -0.0692. The van der Waals surface area contributed by atoms with Crippen LogP contribution in [0.25, 0.3) is 0 Å². The smallest absolute Gasteiger partial charge is 0.268 e. The van der Waals surface area contributed by atoms with Gasteiger partial charge in [-0.25, -0.2) is 0 Å². The second kappa shape index (κ2) is 6.10. The summed E-state index contributed by atoms with van der Waals surface area (Å²) in [6.45, 7) is 2.01. The summed E-state index contributed by atoms with van der Waals surface area (Å²) in [5, 5.41) is 0. The van der Waals surface area contributed by atoms with E-state index >= 15 is 0 Å². The normalized spacial score (nSPS) is 22.6. The van der Waals surface area contributed by atoms with E-state index in [1.165, 1.54) is 11.8 Å². The summed E-state index contributed by atoms with van der Waals surface area (Å²) >= 11 is 6.83. The van der Waals surface area contributed by atoms with Gasteiger partial charge in [0, 0.05) is 13.2 Å². The van der Waals surface area contributed by atoms with Gasteiger partial charge >= 0.3 is 0 Å². The number of nitrogens with zero attached hydrogens (tertiary/aromatic N) is 2. The first-order valence-corrected chi connectivity index (χ1v) is 8.24. The van der Waals surface area contributed by atoms with E-state index in [0.717, 1.165) is 11.3 Å². The third-order valence-corrected chi connectivity index (χ3v) is 5.16. The molecule has 0 saturated carbocycles. The number of thiocarbonyl (C=S) groups is 1. The van der Waals surface area contributed by atoms with Crippen LogP contribution in [0.15, 0.2) is 65.4 Å². The van der Waals surface area contributed by atoms with Gasteiger partial charge in [-0.2, -0.15) is 0 Å². The molecular weight excluding hydrogens is 312 g/mol. The van der Waals surface area contributed by atoms with Crippen molar-refractivity contribution in [3.63, 3.8) is 0 Å². The Kier molecular flexibility index (Phi) is 4.18. The van der Waals surface area contributed by atoms with Crippen molar-refractivity contribution in [2.45, 2.75) is 13.0 Å². The van der Waals surface area contributed by atoms with E-state index in [1.54, 1.807) is 4.90 Å². The van der Waals surface area contributed by atoms with Crippen LogP contribution in [0.2, 0.25) is 0 Å². The summed E-state index contributed by atoms with van der Waals surface area (Å²) in [6.07, 6.45) is 7.75. The topological polar surface area (TPSA) is 23.6 Å². The lowest BCUT2D eigenvalue weighted by molar-refractivity contribution is -0.123. The monoisotopic (exact) mass is 328 g/mol. The summed E-state index contributed by atoms with van der Waals surface area (Å²) < 4.78 is 0.611. The van der Waals surface area contributed by atoms with E-state index in [2.05, 4.69) is 0 Å². The molecule has 0 radical (unpaired) electrons. The van der Waals surface area contributed by atoms with Crippen LogP contribution in [0.1, 0.15) is 18.5 Å². The van der Waals surface area contributed by atoms with Crippen molar-refractivity contribution < 1.29 is 4.79 Å². The molecule has 0 aromatic heterocycles. The van der Waals surface area contributed by atoms with Gasteiger partial charge in [0.05, 0.1) is 11.7 Å². The Morgan fingerprint density at radius 3 is 2.59 bits per heavy atom. The maximum atomic E-state index is 12.9. The van der Waals surface area contributed by atoms with Gasteiger partial charge in [0.2, 0.25) is 0 Å². The first kappa shape index (κ1) is 15.1. The number of thioether (sulfide) groups is 1. The van der Waals surface area contributed by atoms with Gasteiger partial charge in [-0.1, -0.05) is 60.4 Å². The summed E-state index contributed by atoms with van der Waals surface area (Å²) in [4.78, 5) is 17.2. The van der Waals surface area contributed by atoms with E-state index in [1.807, 2.05) is 73.6 Å². The highest BCUT2D eigenvalue weighted by atomic mass is 32.2. The van der Waals surface area contributed by atoms with Crippen molar-refractivity contribution in [2.24, 2.45) is 0 Å². The summed E-state index contributed by atoms with van der Waals surface area (Å²) in [5.74, 6) is -0.0202. The third-order valence-electron chi connectivity index (χ3n) is 3.76. The third kappa shape index (κ3) is 2.62. The average Bonchev–Trinajstić information content (AvgIpc) is 2.83. The van der Waals surface area contributed by atoms with Crippen molar-refractivity contribution in [3.05, 3.63) is 70.9 Å². The Hall–Kier alpha value is -1.85. The number of carbonyl (C=O) groups excluding carboxylic acids is 1. The number of carbonyl (C=O) groups is 1. The highest BCUT2D eigenvalue weighted by molar-refractivity contribution is 8.26. The van der Waals surface area contributed by atoms with Crippen LogP contribution < -0.4 is 0 Å². The van der Waals surface area contributed by atoms with E-state index in [4.69, 9.17) is 12.2 Å². The molecule has 1 aromatic carbocycles. The van der Waals surface area contributed by atoms with Crippen molar-refractivity contribution in [1.29, 1.82) is 0 Å². The molecular formula is C17H16N2OS2. The van der Waals surface area contributed by atoms with Crippen LogP contribution in [-0.2, 0) is 4.79 Å². The number of allylic oxidation sites excluding steroid dienone is 3. The number of hydrogen-bond donors (Lipinski definition) is 0. The zero-order chi connectivity index (χ0) is 15.7. The predicted molar refractivity (Wildman–Crippen MR) is 95.0 cm³/mol. The number of amides is 1. The predicted octanol–water partition coefficient (Wildman–Crippen LogP) is 3.83. The number of hydrogen-bond acceptors (Lipinski definition) is 4. The molecule has 5 heteroatoms. The SMILES string of the molecule is CC(c1ccccc1)N1C(=O)/C(=C2\C=CC=CN2C)SC1=S. The van der Waals surface area contributed by atoms with Crippen molar-refractivity contribution in [3.8, 4) is 0 Å². The van der Waals surface area contributed by atoms with E-state index < -0.39 is 0 Å². The second-order valence-corrected chi connectivity index (χ2v) is 6.80. The molecule has 2 heterocycles. The number of likely N-dealkylation sites (N-methyl/N-ethyl adjacent to an activating group) is 1. The fourth-order valence-corrected chi connectivity index (χ4v) is 4.02. The van der Waals surface area contributed by atoms with E-state index in [-0.39, 0.29) is 11.9 Å². The lowest BCUT2D eigenvalue weighted by Crippen LogP contribution is -2.31. The van der Waals surface area contributed by atoms with Gasteiger partial charge < -0.3 is 4.90 Å². The lowest BCUT2D eigenvalue weighted by atomic mass is 10.1. The van der Waals surface area contributed by atoms with Crippen molar-refractivity contribution in [1.82, 2.24) is 9.80 Å². The van der Waals surface area contributed by atoms with Gasteiger partial charge in [-0.3, -0.25) is 9.69 Å². The van der Waals surface area contributed by atoms with Crippen molar-refractivity contribution >= 4 is 34.2 Å². The molecule has 0 N–H and O–H groups in total. The molecule has 2 aliphatic rings. The highest BCUT2D eigenvalue weighted by Gasteiger charge is 2.38. The van der Waals surface area contributed by atoms with Gasteiger partial charge in [0.15, 0.2) is 0 Å². The van der Waals surface area contributed by atoms with Crippen LogP contribution in [0, 0.1) is 0 Å². The van der Waals surface area contributed by atoms with Crippen LogP contribution in [0.3, 0.4) is 0 Å². The zero-order valence-corrected chi connectivity index (χ0v) is 14.0. The first-order valence-electron chi connectivity index (χ1n) is 7.02. The quantitative estimate of drug-likeness (QED) is 0.608. The Bertz CT molecular complexity index is 707. The van der Waals surface area contributed by atoms with Crippen LogP contribution >= 0.6 is 24.0 Å². The molecule has 22 heavy (non-hydrogen) atoms. The maximum absolute atomic E-state index is 12.9. The van der Waals surface area contributed by atoms with E-state index in [0.29, 0.717) is 9.23 Å². The molecule has 1 amide bonds. The van der Waals surface area contributed by atoms with Gasteiger partial charge in [-0.05, 0) is 24.6 Å². The molecule has 1 fully saturated rings. The lowest BCUT2D eigenvalue weighted by Gasteiger charge is -2.24. The molecule has 1 aromatic rings. The molecule has 1 atom stereocenters. The molecule has 1 unspecified atom stereocenters. The Morgan fingerprint density at radius 2 is 1.91 bits per heavy atom. The molecule has 112 valence electrons. The van der Waals surface area contributed by atoms with Crippen LogP contribution in [0.5, 0.6) is 0 Å². The molecule has 0 spiro atoms. The molecule has 3 rings (SSSR count). The summed E-state index contributed by atoms with van der Waals surface area (Å²) in [7, 11) is 1.93. The molecule has 1 saturated heterocycles. The number of rotatable bonds is 2. The largest absolute Gasteiger partial charge is 0.350 e. The highest BCUT2D eigenvalue weighted by Crippen LogP contribution is 2.39. The Labute approximate surface area is 140 Å². The first-order chi connectivity index (χ1) is 10.6. The second-order valence-electron chi connectivity index (χ2n) is 5.16. The van der Waals surface area contributed by atoms with Gasteiger partial charge in [0.1, 0.15) is 9.23 Å². The Balaban J connectivity index is 1.94. The fraction of sp³-hybridized carbons (Fsp3) is 0.176. The van der Waals surface area contributed by atoms with Gasteiger partial charge in [0.25, 0.3) is 5.91 Å². The number of benzene rings is 1.